The van der Waals surface area contributed by atoms with Gasteiger partial charge in [0, 0.05) is 10.3 Å². The molecule has 3 rings (SSSR count). The van der Waals surface area contributed by atoms with E-state index in [1.165, 1.54) is 27.3 Å². The van der Waals surface area contributed by atoms with Crippen LogP contribution in [0.2, 0.25) is 0 Å². The highest BCUT2D eigenvalue weighted by Crippen LogP contribution is 2.42. The Morgan fingerprint density at radius 1 is 1.09 bits per heavy atom. The van der Waals surface area contributed by atoms with E-state index in [4.69, 9.17) is 16.3 Å². The Hall–Kier alpha value is -1.36. The minimum atomic E-state index is -0.286. The van der Waals surface area contributed by atoms with Gasteiger partial charge in [0.05, 0.1) is 12.7 Å². The predicted octanol–water partition coefficient (Wildman–Crippen LogP) is 6.83. The summed E-state index contributed by atoms with van der Waals surface area (Å²) in [4.78, 5) is 13.9. The molecule has 1 aromatic carbocycles. The number of aliphatic hydroxyl groups is 1. The maximum absolute atomic E-state index is 12.0. The fourth-order valence-electron chi connectivity index (χ4n) is 4.88. The average Bonchev–Trinajstić information content (AvgIpc) is 3.37. The number of aryl methyl sites for hydroxylation is 3. The summed E-state index contributed by atoms with van der Waals surface area (Å²) in [5.41, 5.74) is 2.78. The molecule has 3 nitrogen and oxygen atoms in total. The molecule has 0 saturated heterocycles. The zero-order valence-corrected chi connectivity index (χ0v) is 21.0. The minimum Gasteiger partial charge on any atom is -0.462 e. The van der Waals surface area contributed by atoms with Gasteiger partial charge in [-0.25, -0.2) is 4.79 Å². The molecule has 1 fully saturated rings. The lowest BCUT2D eigenvalue weighted by Gasteiger charge is -2.23. The summed E-state index contributed by atoms with van der Waals surface area (Å²) in [6.07, 6.45) is 8.48. The first kappa shape index (κ1) is 25.3. The molecule has 0 aliphatic heterocycles. The van der Waals surface area contributed by atoms with Crippen LogP contribution in [0.4, 0.5) is 0 Å². The van der Waals surface area contributed by atoms with Gasteiger partial charge in [-0.2, -0.15) is 0 Å². The van der Waals surface area contributed by atoms with Gasteiger partial charge in [0.1, 0.15) is 4.88 Å². The summed E-state index contributed by atoms with van der Waals surface area (Å²) in [6.45, 7) is 4.65. The Labute approximate surface area is 202 Å². The van der Waals surface area contributed by atoms with Crippen LogP contribution in [-0.4, -0.2) is 29.2 Å². The van der Waals surface area contributed by atoms with Crippen LogP contribution >= 0.6 is 22.9 Å². The molecule has 1 saturated carbocycles. The Morgan fingerprint density at radius 3 is 2.62 bits per heavy atom. The first-order chi connectivity index (χ1) is 15.5. The van der Waals surface area contributed by atoms with Gasteiger partial charge < -0.3 is 9.84 Å². The van der Waals surface area contributed by atoms with Gasteiger partial charge in [-0.15, -0.1) is 22.9 Å². The van der Waals surface area contributed by atoms with Crippen molar-refractivity contribution in [1.82, 2.24) is 0 Å². The highest BCUT2D eigenvalue weighted by atomic mass is 35.5. The standard InChI is InChI=1S/C27H37ClO3S/c1-3-16-31-27(30)26-15-14-21(32-26)11-7-12-22-23(25(29)18-24(22)28)13-6-10-20-9-5-8-19(4-2)17-20/h5,8-9,14-15,17,22-25,29H,3-4,6-7,10-13,16,18H2,1-2H3/t22-,23-,24-,25-/m1/s1. The molecule has 5 heteroatoms. The van der Waals surface area contributed by atoms with Crippen LogP contribution in [0.1, 0.15) is 78.0 Å². The van der Waals surface area contributed by atoms with E-state index < -0.39 is 0 Å². The van der Waals surface area contributed by atoms with Crippen LogP contribution in [0.5, 0.6) is 0 Å². The second kappa shape index (κ2) is 12.8. The molecule has 1 heterocycles. The van der Waals surface area contributed by atoms with Crippen molar-refractivity contribution in [2.45, 2.75) is 83.1 Å². The van der Waals surface area contributed by atoms with Crippen LogP contribution in [0.3, 0.4) is 0 Å². The van der Waals surface area contributed by atoms with Crippen LogP contribution in [0.15, 0.2) is 36.4 Å². The first-order valence-corrected chi connectivity index (χ1v) is 13.4. The molecule has 2 aromatic rings. The zero-order valence-electron chi connectivity index (χ0n) is 19.4. The summed E-state index contributed by atoms with van der Waals surface area (Å²) in [5, 5.41) is 10.7. The first-order valence-electron chi connectivity index (χ1n) is 12.2. The predicted molar refractivity (Wildman–Crippen MR) is 134 cm³/mol. The highest BCUT2D eigenvalue weighted by Gasteiger charge is 2.40. The third kappa shape index (κ3) is 7.07. The largest absolute Gasteiger partial charge is 0.462 e. The molecule has 176 valence electrons. The fourth-order valence-corrected chi connectivity index (χ4v) is 6.32. The van der Waals surface area contributed by atoms with E-state index in [0.717, 1.165) is 51.4 Å². The SMILES string of the molecule is CCCOC(=O)c1ccc(CCC[C@@H]2[C@@H](CCCc3cccc(CC)c3)[C@H](O)C[C@H]2Cl)s1. The number of halogens is 1. The Balaban J connectivity index is 1.47. The molecule has 4 atom stereocenters. The molecule has 0 radical (unpaired) electrons. The van der Waals surface area contributed by atoms with Crippen molar-refractivity contribution in [3.05, 3.63) is 57.3 Å². The Morgan fingerprint density at radius 2 is 1.84 bits per heavy atom. The number of hydrogen-bond donors (Lipinski definition) is 1. The van der Waals surface area contributed by atoms with Gasteiger partial charge in [-0.1, -0.05) is 38.1 Å². The molecule has 0 bridgehead atoms. The van der Waals surface area contributed by atoms with Crippen LogP contribution in [0.25, 0.3) is 0 Å². The molecular formula is C27H37ClO3S. The van der Waals surface area contributed by atoms with Crippen LogP contribution in [-0.2, 0) is 24.0 Å². The van der Waals surface area contributed by atoms with Gasteiger partial charge in [0.25, 0.3) is 0 Å². The minimum absolute atomic E-state index is 0.0568. The lowest BCUT2D eigenvalue weighted by atomic mass is 9.85. The van der Waals surface area contributed by atoms with E-state index in [0.29, 0.717) is 23.8 Å². The number of esters is 1. The van der Waals surface area contributed by atoms with Gasteiger partial charge in [0.15, 0.2) is 0 Å². The van der Waals surface area contributed by atoms with Crippen molar-refractivity contribution in [3.8, 4) is 0 Å². The van der Waals surface area contributed by atoms with Crippen molar-refractivity contribution in [3.63, 3.8) is 0 Å². The van der Waals surface area contributed by atoms with Gasteiger partial charge in [-0.05, 0) is 92.9 Å². The summed E-state index contributed by atoms with van der Waals surface area (Å²) < 4.78 is 5.22. The molecule has 1 aromatic heterocycles. The van der Waals surface area contributed by atoms with Crippen molar-refractivity contribution in [2.24, 2.45) is 11.8 Å². The summed E-state index contributed by atoms with van der Waals surface area (Å²) in [6, 6.07) is 12.8. The monoisotopic (exact) mass is 476 g/mol. The van der Waals surface area contributed by atoms with E-state index in [2.05, 4.69) is 31.2 Å². The average molecular weight is 477 g/mol. The Kier molecular flexibility index (Phi) is 10.1. The van der Waals surface area contributed by atoms with E-state index in [9.17, 15) is 9.90 Å². The molecule has 0 unspecified atom stereocenters. The number of hydrogen-bond acceptors (Lipinski definition) is 4. The van der Waals surface area contributed by atoms with Crippen molar-refractivity contribution in [2.75, 3.05) is 6.61 Å². The maximum Gasteiger partial charge on any atom is 0.348 e. The van der Waals surface area contributed by atoms with Gasteiger partial charge in [-0.3, -0.25) is 0 Å². The second-order valence-corrected chi connectivity index (χ2v) is 10.7. The van der Waals surface area contributed by atoms with Crippen molar-refractivity contribution >= 4 is 28.9 Å². The summed E-state index contributed by atoms with van der Waals surface area (Å²) >= 11 is 8.19. The lowest BCUT2D eigenvalue weighted by Crippen LogP contribution is -2.21. The number of alkyl halides is 1. The quantitative estimate of drug-likeness (QED) is 0.270. The smallest absolute Gasteiger partial charge is 0.348 e. The number of thiophene rings is 1. The number of aliphatic hydroxyl groups excluding tert-OH is 1. The Bertz CT molecular complexity index is 849. The lowest BCUT2D eigenvalue weighted by molar-refractivity contribution is 0.0511. The zero-order chi connectivity index (χ0) is 22.9. The number of benzene rings is 1. The third-order valence-electron chi connectivity index (χ3n) is 6.64. The third-order valence-corrected chi connectivity index (χ3v) is 8.27. The van der Waals surface area contributed by atoms with Crippen molar-refractivity contribution < 1.29 is 14.6 Å². The topological polar surface area (TPSA) is 46.5 Å². The normalized spacial score (nSPS) is 22.9. The number of ether oxygens (including phenoxy) is 1. The molecule has 1 aliphatic rings. The van der Waals surface area contributed by atoms with E-state index in [-0.39, 0.29) is 23.4 Å². The molecule has 0 amide bonds. The molecule has 32 heavy (non-hydrogen) atoms. The second-order valence-electron chi connectivity index (χ2n) is 9.01. The summed E-state index contributed by atoms with van der Waals surface area (Å²) in [7, 11) is 0. The number of carbonyl (C=O) groups is 1. The molecule has 1 N–H and O–H groups in total. The van der Waals surface area contributed by atoms with Gasteiger partial charge in [0.2, 0.25) is 0 Å². The highest BCUT2D eigenvalue weighted by molar-refractivity contribution is 7.13. The van der Waals surface area contributed by atoms with E-state index >= 15 is 0 Å². The van der Waals surface area contributed by atoms with E-state index in [1.54, 1.807) is 0 Å². The molecular weight excluding hydrogens is 440 g/mol. The fraction of sp³-hybridized carbons (Fsp3) is 0.593. The molecule has 0 spiro atoms. The van der Waals surface area contributed by atoms with Crippen LogP contribution in [0, 0.1) is 11.8 Å². The van der Waals surface area contributed by atoms with Gasteiger partial charge >= 0.3 is 5.97 Å². The number of rotatable bonds is 12. The van der Waals surface area contributed by atoms with E-state index in [1.807, 2.05) is 19.1 Å². The molecule has 1 aliphatic carbocycles. The maximum atomic E-state index is 12.0. The number of carbonyl (C=O) groups excluding carboxylic acids is 1. The van der Waals surface area contributed by atoms with Crippen molar-refractivity contribution in [1.29, 1.82) is 0 Å². The van der Waals surface area contributed by atoms with Crippen LogP contribution < -0.4 is 0 Å². The summed E-state index contributed by atoms with van der Waals surface area (Å²) in [5.74, 6) is 0.435.